The van der Waals surface area contributed by atoms with Crippen molar-refractivity contribution in [2.75, 3.05) is 0 Å². The Kier molecular flexibility index (Phi) is 7.65. The molecule has 162 valence electrons. The van der Waals surface area contributed by atoms with Gasteiger partial charge >= 0.3 is 5.97 Å². The van der Waals surface area contributed by atoms with Crippen molar-refractivity contribution in [1.29, 1.82) is 0 Å². The number of phenolic OH excluding ortho intramolecular Hbond substituents is 2. The number of hydrogen-bond donors (Lipinski definition) is 4. The van der Waals surface area contributed by atoms with Gasteiger partial charge in [0.25, 0.3) is 0 Å². The minimum Gasteiger partial charge on any atom is -0.508 e. The highest BCUT2D eigenvalue weighted by Crippen LogP contribution is 2.35. The van der Waals surface area contributed by atoms with E-state index in [2.05, 4.69) is 45.2 Å². The Balaban J connectivity index is 1.83. The van der Waals surface area contributed by atoms with Crippen molar-refractivity contribution in [2.24, 2.45) is 5.73 Å². The first-order valence-corrected chi connectivity index (χ1v) is 11.5. The molecule has 8 heteroatoms. The number of phenols is 2. The summed E-state index contributed by atoms with van der Waals surface area (Å²) in [6, 6.07) is 13.2. The number of carboxylic acid groups (broad SMARTS) is 1. The number of ether oxygens (including phenoxy) is 1. The first-order chi connectivity index (χ1) is 14.6. The average Bonchev–Trinajstić information content (AvgIpc) is 2.70. The molecular weight excluding hydrogens is 624 g/mol. The van der Waals surface area contributed by atoms with Gasteiger partial charge < -0.3 is 25.8 Å². The van der Waals surface area contributed by atoms with Gasteiger partial charge in [-0.3, -0.25) is 4.79 Å². The molecule has 3 aromatic rings. The number of nitrogens with two attached hydrogens (primary N) is 1. The van der Waals surface area contributed by atoms with Crippen LogP contribution in [0, 0.1) is 14.1 Å². The summed E-state index contributed by atoms with van der Waals surface area (Å²) in [5, 5.41) is 29.0. The van der Waals surface area contributed by atoms with Gasteiger partial charge in [-0.2, -0.15) is 0 Å². The molecule has 0 fully saturated rings. The molecule has 3 rings (SSSR count). The minimum absolute atomic E-state index is 0.167. The zero-order valence-electron chi connectivity index (χ0n) is 16.6. The lowest BCUT2D eigenvalue weighted by atomic mass is 10.0. The zero-order chi connectivity index (χ0) is 22.7. The van der Waals surface area contributed by atoms with Gasteiger partial charge in [-0.25, -0.2) is 0 Å². The molecule has 0 saturated carbocycles. The number of hydrogen-bond acceptors (Lipinski definition) is 5. The lowest BCUT2D eigenvalue weighted by molar-refractivity contribution is -0.138. The Morgan fingerprint density at radius 1 is 1.00 bits per heavy atom. The molecule has 0 aliphatic carbocycles. The summed E-state index contributed by atoms with van der Waals surface area (Å²) in [6.45, 7) is 1.83. The number of carboxylic acids is 1. The van der Waals surface area contributed by atoms with Crippen LogP contribution in [0.4, 0.5) is 0 Å². The van der Waals surface area contributed by atoms with E-state index >= 15 is 0 Å². The third-order valence-electron chi connectivity index (χ3n) is 4.76. The fraction of sp³-hybridized carbons (Fsp3) is 0.174. The molecule has 3 aromatic carbocycles. The molecule has 0 bridgehead atoms. The second-order valence-electron chi connectivity index (χ2n) is 7.23. The molecule has 0 saturated heterocycles. The van der Waals surface area contributed by atoms with Gasteiger partial charge in [0, 0.05) is 12.0 Å². The van der Waals surface area contributed by atoms with Gasteiger partial charge in [0.15, 0.2) is 5.75 Å². The van der Waals surface area contributed by atoms with E-state index in [4.69, 9.17) is 15.6 Å². The Labute approximate surface area is 207 Å². The Bertz CT molecular complexity index is 1110. The van der Waals surface area contributed by atoms with Crippen LogP contribution in [0.25, 0.3) is 0 Å². The van der Waals surface area contributed by atoms with Crippen molar-refractivity contribution < 1.29 is 24.9 Å². The molecule has 0 unspecified atom stereocenters. The number of aliphatic carboxylic acids is 1. The predicted molar refractivity (Wildman–Crippen MR) is 135 cm³/mol. The topological polar surface area (TPSA) is 113 Å². The first-order valence-electron chi connectivity index (χ1n) is 9.38. The van der Waals surface area contributed by atoms with E-state index in [1.807, 2.05) is 31.2 Å². The number of aryl methyl sites for hydroxylation is 1. The van der Waals surface area contributed by atoms with Crippen LogP contribution in [0.3, 0.4) is 0 Å². The van der Waals surface area contributed by atoms with Crippen molar-refractivity contribution in [1.82, 2.24) is 0 Å². The van der Waals surface area contributed by atoms with Gasteiger partial charge in [0.2, 0.25) is 0 Å². The second-order valence-corrected chi connectivity index (χ2v) is 9.55. The molecule has 0 aromatic heterocycles. The van der Waals surface area contributed by atoms with Gasteiger partial charge in [-0.05, 0) is 112 Å². The largest absolute Gasteiger partial charge is 0.508 e. The molecule has 0 heterocycles. The fourth-order valence-corrected chi connectivity index (χ4v) is 5.22. The van der Waals surface area contributed by atoms with Crippen LogP contribution in [0.15, 0.2) is 48.5 Å². The second kappa shape index (κ2) is 10.0. The van der Waals surface area contributed by atoms with Crippen molar-refractivity contribution >= 4 is 51.2 Å². The van der Waals surface area contributed by atoms with Crippen LogP contribution in [0.5, 0.6) is 23.0 Å². The summed E-state index contributed by atoms with van der Waals surface area (Å²) in [5.74, 6) is 0.605. The SMILES string of the molecule is Cc1cc(Cc2cc(Oc3c(I)cc(C[C@H](N)C(=O)O)cc3I)ccc2O)ccc1O. The van der Waals surface area contributed by atoms with E-state index in [1.165, 1.54) is 0 Å². The number of aromatic hydroxyl groups is 2. The number of rotatable bonds is 7. The maximum atomic E-state index is 11.0. The highest BCUT2D eigenvalue weighted by atomic mass is 127. The van der Waals surface area contributed by atoms with Crippen LogP contribution < -0.4 is 10.5 Å². The third kappa shape index (κ3) is 6.01. The Hall–Kier alpha value is -2.05. The normalized spacial score (nSPS) is 11.9. The summed E-state index contributed by atoms with van der Waals surface area (Å²) in [5.41, 5.74) is 8.92. The third-order valence-corrected chi connectivity index (χ3v) is 6.36. The molecular formula is C23H21I2NO5. The molecule has 0 spiro atoms. The van der Waals surface area contributed by atoms with E-state index in [0.29, 0.717) is 23.5 Å². The number of carbonyl (C=O) groups is 1. The van der Waals surface area contributed by atoms with Crippen LogP contribution in [-0.2, 0) is 17.6 Å². The first kappa shape index (κ1) is 23.6. The van der Waals surface area contributed by atoms with Crippen molar-refractivity contribution in [3.63, 3.8) is 0 Å². The number of halogens is 2. The van der Waals surface area contributed by atoms with E-state index in [1.54, 1.807) is 24.3 Å². The summed E-state index contributed by atoms with van der Waals surface area (Å²) in [6.07, 6.45) is 0.724. The van der Waals surface area contributed by atoms with Gasteiger partial charge in [-0.1, -0.05) is 12.1 Å². The van der Waals surface area contributed by atoms with E-state index < -0.39 is 12.0 Å². The Morgan fingerprint density at radius 2 is 1.65 bits per heavy atom. The van der Waals surface area contributed by atoms with Crippen molar-refractivity contribution in [3.05, 3.63) is 77.9 Å². The van der Waals surface area contributed by atoms with Crippen molar-refractivity contribution in [2.45, 2.75) is 25.8 Å². The van der Waals surface area contributed by atoms with E-state index in [-0.39, 0.29) is 17.9 Å². The summed E-state index contributed by atoms with van der Waals surface area (Å²) in [4.78, 5) is 11.0. The van der Waals surface area contributed by atoms with Gasteiger partial charge in [0.05, 0.1) is 7.14 Å². The van der Waals surface area contributed by atoms with Crippen LogP contribution in [0.1, 0.15) is 22.3 Å². The van der Waals surface area contributed by atoms with Crippen LogP contribution in [0.2, 0.25) is 0 Å². The van der Waals surface area contributed by atoms with Gasteiger partial charge in [0.1, 0.15) is 23.3 Å². The van der Waals surface area contributed by atoms with Crippen LogP contribution >= 0.6 is 45.2 Å². The lowest BCUT2D eigenvalue weighted by Crippen LogP contribution is -2.32. The predicted octanol–water partition coefficient (Wildman–Crippen LogP) is 4.95. The molecule has 0 radical (unpaired) electrons. The molecule has 6 nitrogen and oxygen atoms in total. The average molecular weight is 645 g/mol. The molecule has 0 aliphatic rings. The fourth-order valence-electron chi connectivity index (χ4n) is 3.10. The number of benzene rings is 3. The maximum Gasteiger partial charge on any atom is 0.320 e. The van der Waals surface area contributed by atoms with E-state index in [0.717, 1.165) is 23.8 Å². The maximum absolute atomic E-state index is 11.0. The zero-order valence-corrected chi connectivity index (χ0v) is 20.9. The molecule has 5 N–H and O–H groups in total. The highest BCUT2D eigenvalue weighted by molar-refractivity contribution is 14.1. The van der Waals surface area contributed by atoms with Gasteiger partial charge in [-0.15, -0.1) is 0 Å². The smallest absolute Gasteiger partial charge is 0.320 e. The standard InChI is InChI=1S/C23H21I2NO5/c1-12-6-13(2-4-20(12)27)7-15-11-16(3-5-21(15)28)31-22-17(24)8-14(9-18(22)25)10-19(26)23(29)30/h2-6,8-9,11,19,27-28H,7,10,26H2,1H3,(H,29,30)/t19-/m0/s1. The summed E-state index contributed by atoms with van der Waals surface area (Å²) < 4.78 is 7.78. The van der Waals surface area contributed by atoms with Crippen molar-refractivity contribution in [3.8, 4) is 23.0 Å². The summed E-state index contributed by atoms with van der Waals surface area (Å²) >= 11 is 4.30. The molecule has 31 heavy (non-hydrogen) atoms. The Morgan fingerprint density at radius 3 is 2.26 bits per heavy atom. The van der Waals surface area contributed by atoms with E-state index in [9.17, 15) is 15.0 Å². The quantitative estimate of drug-likeness (QED) is 0.271. The highest BCUT2D eigenvalue weighted by Gasteiger charge is 2.16. The van der Waals surface area contributed by atoms with Crippen LogP contribution in [-0.4, -0.2) is 27.3 Å². The minimum atomic E-state index is -1.04. The molecule has 0 aliphatic heterocycles. The monoisotopic (exact) mass is 645 g/mol. The molecule has 0 amide bonds. The summed E-state index contributed by atoms with van der Waals surface area (Å²) in [7, 11) is 0. The molecule has 1 atom stereocenters. The lowest BCUT2D eigenvalue weighted by Gasteiger charge is -2.15.